The first-order valence-electron chi connectivity index (χ1n) is 3.79. The van der Waals surface area contributed by atoms with Gasteiger partial charge < -0.3 is 0 Å². The summed E-state index contributed by atoms with van der Waals surface area (Å²) in [6.45, 7) is 0. The van der Waals surface area contributed by atoms with Crippen LogP contribution in [0.4, 0.5) is 0 Å². The van der Waals surface area contributed by atoms with Crippen molar-refractivity contribution in [1.82, 2.24) is 0 Å². The van der Waals surface area contributed by atoms with Crippen LogP contribution in [0.15, 0.2) is 0 Å². The Labute approximate surface area is 70.2 Å². The summed E-state index contributed by atoms with van der Waals surface area (Å²) in [5, 5.41) is 0. The summed E-state index contributed by atoms with van der Waals surface area (Å²) in [6.07, 6.45) is 5.89. The van der Waals surface area contributed by atoms with Crippen molar-refractivity contribution in [3.63, 3.8) is 0 Å². The van der Waals surface area contributed by atoms with Crippen LogP contribution < -0.4 is 0 Å². The van der Waals surface area contributed by atoms with Crippen molar-refractivity contribution >= 4 is 35.4 Å². The van der Waals surface area contributed by atoms with Gasteiger partial charge in [-0.2, -0.15) is 0 Å². The molecule has 0 heterocycles. The van der Waals surface area contributed by atoms with Crippen molar-refractivity contribution in [3.05, 3.63) is 0 Å². The second-order valence-corrected chi connectivity index (χ2v) is 3.37. The molecule has 0 atom stereocenters. The molecule has 0 aromatic carbocycles. The number of rotatable bonds is 0. The van der Waals surface area contributed by atoms with Gasteiger partial charge in [0.25, 0.3) is 0 Å². The molecule has 1 fully saturated rings. The molecular weight excluding hydrogens is 85.9 g/mol. The molecule has 0 saturated heterocycles. The van der Waals surface area contributed by atoms with Gasteiger partial charge in [-0.15, -0.1) is 0 Å². The molecule has 1 aliphatic carbocycles. The van der Waals surface area contributed by atoms with Crippen LogP contribution in [0.1, 0.15) is 25.7 Å². The van der Waals surface area contributed by atoms with E-state index in [2.05, 4.69) is 35.4 Å². The predicted molar refractivity (Wildman–Crippen MR) is 37.5 cm³/mol. The molecule has 0 bridgehead atoms. The van der Waals surface area contributed by atoms with Gasteiger partial charge in [0.05, 0.1) is 0 Å². The van der Waals surface area contributed by atoms with Crippen LogP contribution in [-0.2, 0) is 0 Å². The third-order valence-electron chi connectivity index (χ3n) is 2.30. The van der Waals surface area contributed by atoms with Crippen molar-refractivity contribution in [3.8, 4) is 0 Å². The van der Waals surface area contributed by atoms with Crippen LogP contribution >= 0.6 is 0 Å². The van der Waals surface area contributed by atoms with Gasteiger partial charge in [-0.1, -0.05) is 0 Å². The molecule has 0 N–H and O–H groups in total. The van der Waals surface area contributed by atoms with Crippen molar-refractivity contribution in [2.45, 2.75) is 34.9 Å². The van der Waals surface area contributed by atoms with E-state index in [0.717, 1.165) is 9.18 Å². The zero-order chi connectivity index (χ0) is 5.98. The fourth-order valence-electron chi connectivity index (χ4n) is 1.43. The van der Waals surface area contributed by atoms with Gasteiger partial charge in [-0.3, -0.25) is 0 Å². The Morgan fingerprint density at radius 1 is 0.750 bits per heavy atom. The molecule has 0 aliphatic heterocycles. The first-order valence-corrected chi connectivity index (χ1v) is 3.79. The molecule has 2 heteroatoms. The van der Waals surface area contributed by atoms with Crippen LogP contribution in [0.5, 0.6) is 0 Å². The van der Waals surface area contributed by atoms with E-state index in [0.29, 0.717) is 0 Å². The zero-order valence-corrected chi connectivity index (χ0v) is 5.98. The van der Waals surface area contributed by atoms with E-state index in [1.165, 1.54) is 25.7 Å². The van der Waals surface area contributed by atoms with Crippen LogP contribution in [0.2, 0.25) is 9.18 Å². The van der Waals surface area contributed by atoms with Gasteiger partial charge in [-0.05, 0) is 0 Å². The molecule has 0 spiro atoms. The molecule has 0 radical (unpaired) electrons. The Kier molecular flexibility index (Phi) is 3.09. The summed E-state index contributed by atoms with van der Waals surface area (Å²) >= 11 is 4.73. The summed E-state index contributed by atoms with van der Waals surface area (Å²) in [7, 11) is 0. The third kappa shape index (κ3) is 2.20. The maximum absolute atomic E-state index is 2.37. The summed E-state index contributed by atoms with van der Waals surface area (Å²) in [5.74, 6) is 0. The molecule has 0 aromatic heterocycles. The van der Waals surface area contributed by atoms with Gasteiger partial charge in [0.15, 0.2) is 0 Å². The van der Waals surface area contributed by atoms with Gasteiger partial charge >= 0.3 is 70.3 Å². The fourth-order valence-corrected chi connectivity index (χ4v) is 1.43. The van der Waals surface area contributed by atoms with E-state index < -0.39 is 0 Å². The van der Waals surface area contributed by atoms with Gasteiger partial charge in [0, 0.05) is 0 Å². The van der Waals surface area contributed by atoms with Crippen LogP contribution in [0.3, 0.4) is 0 Å². The zero-order valence-electron chi connectivity index (χ0n) is 5.98. The van der Waals surface area contributed by atoms with E-state index in [9.17, 15) is 0 Å². The third-order valence-corrected chi connectivity index (χ3v) is 2.30. The Balaban J connectivity index is 2.19. The predicted octanol–water partition coefficient (Wildman–Crippen LogP) is 1.47. The van der Waals surface area contributed by atoms with E-state index in [1.807, 2.05) is 0 Å². The molecule has 1 aliphatic rings. The van der Waals surface area contributed by atoms with Gasteiger partial charge in [0.1, 0.15) is 0 Å². The molecule has 8 heavy (non-hydrogen) atoms. The summed E-state index contributed by atoms with van der Waals surface area (Å²) in [4.78, 5) is 0. The van der Waals surface area contributed by atoms with Crippen molar-refractivity contribution in [2.24, 2.45) is 0 Å². The number of hydrogen-bond acceptors (Lipinski definition) is 0. The Bertz CT molecular complexity index is 54.9. The quantitative estimate of drug-likeness (QED) is 0.400. The molecule has 1 rings (SSSR count). The number of hydrogen-bond donors (Lipinski definition) is 0. The minimum absolute atomic E-state index is 1.02. The second kappa shape index (κ2) is 3.38. The Morgan fingerprint density at radius 3 is 1.25 bits per heavy atom. The second-order valence-electron chi connectivity index (χ2n) is 3.37. The van der Waals surface area contributed by atoms with Crippen LogP contribution in [0, 0.1) is 0 Å². The standard InChI is InChI=1S/C6H10.2Li/c1-2-4-6-5-3-1;;/h1,6H,2-5H2;;. The monoisotopic (exact) mass is 96.1 g/mol. The molecule has 0 nitrogen and oxygen atoms in total. The Morgan fingerprint density at radius 2 is 1.00 bits per heavy atom. The van der Waals surface area contributed by atoms with Gasteiger partial charge in [-0.25, -0.2) is 0 Å². The fraction of sp³-hybridized carbons (Fsp3) is 1.00. The molecule has 0 unspecified atom stereocenters. The maximum atomic E-state index is 2.37. The Hall–Kier alpha value is 1.19. The topological polar surface area (TPSA) is 0 Å². The van der Waals surface area contributed by atoms with Crippen molar-refractivity contribution in [1.29, 1.82) is 0 Å². The van der Waals surface area contributed by atoms with E-state index in [1.54, 1.807) is 0 Å². The molecule has 0 aromatic rings. The van der Waals surface area contributed by atoms with E-state index in [-0.39, 0.29) is 0 Å². The molecule has 36 valence electrons. The first kappa shape index (κ1) is 7.30. The molecular formula is C6H10Li2. The average Bonchev–Trinajstić information content (AvgIpc) is 1.77. The van der Waals surface area contributed by atoms with Gasteiger partial charge in [0.2, 0.25) is 0 Å². The molecule has 0 amide bonds. The van der Waals surface area contributed by atoms with E-state index in [4.69, 9.17) is 0 Å². The summed E-state index contributed by atoms with van der Waals surface area (Å²) in [5.41, 5.74) is 0. The average molecular weight is 96.0 g/mol. The van der Waals surface area contributed by atoms with Crippen LogP contribution in [0.25, 0.3) is 0 Å². The first-order chi connectivity index (χ1) is 3.79. The molecule has 1 saturated carbocycles. The van der Waals surface area contributed by atoms with Crippen molar-refractivity contribution in [2.75, 3.05) is 0 Å². The SMILES string of the molecule is [Li][CH]1CC[CH]([Li])CC1. The summed E-state index contributed by atoms with van der Waals surface area (Å²) in [6, 6.07) is 0. The van der Waals surface area contributed by atoms with Crippen LogP contribution in [-0.4, -0.2) is 35.4 Å². The normalized spacial score (nSPS) is 40.0. The minimum atomic E-state index is 1.02. The van der Waals surface area contributed by atoms with Crippen molar-refractivity contribution < 1.29 is 0 Å². The van der Waals surface area contributed by atoms with E-state index >= 15 is 0 Å². The summed E-state index contributed by atoms with van der Waals surface area (Å²) < 4.78 is 2.04.